The minimum Gasteiger partial charge on any atom is -0.481 e. The molecule has 0 bridgehead atoms. The van der Waals surface area contributed by atoms with Crippen molar-refractivity contribution < 1.29 is 42.8 Å². The van der Waals surface area contributed by atoms with Gasteiger partial charge in [0.05, 0.1) is 17.9 Å². The molecule has 2 aliphatic heterocycles. The highest BCUT2D eigenvalue weighted by molar-refractivity contribution is 7.57. The topological polar surface area (TPSA) is 190 Å². The average Bonchev–Trinajstić information content (AvgIpc) is 3.65. The maximum Gasteiger partial charge on any atom is 0.320 e. The van der Waals surface area contributed by atoms with Gasteiger partial charge in [-0.25, -0.2) is 9.38 Å². The average molecular weight is 823 g/mol. The number of carbonyl (C=O) groups excluding carboxylic acids is 2. The molecular formula is C37H49ClFN6O8PS. The van der Waals surface area contributed by atoms with Crippen LogP contribution in [0.2, 0.25) is 0 Å². The predicted molar refractivity (Wildman–Crippen MR) is 212 cm³/mol. The van der Waals surface area contributed by atoms with Crippen molar-refractivity contribution in [1.82, 2.24) is 8.94 Å². The van der Waals surface area contributed by atoms with Crippen molar-refractivity contribution in [1.29, 1.82) is 0 Å². The molecule has 0 fully saturated rings. The molecule has 18 heteroatoms. The van der Waals surface area contributed by atoms with Gasteiger partial charge < -0.3 is 29.8 Å². The van der Waals surface area contributed by atoms with Crippen LogP contribution in [0, 0.1) is 23.6 Å². The van der Waals surface area contributed by atoms with Crippen LogP contribution in [-0.4, -0.2) is 88.5 Å². The maximum absolute atomic E-state index is 14.5. The van der Waals surface area contributed by atoms with Gasteiger partial charge in [-0.2, -0.15) is 4.37 Å². The summed E-state index contributed by atoms with van der Waals surface area (Å²) < 4.78 is 42.1. The number of hydrogen-bond donors (Lipinski definition) is 3. The van der Waals surface area contributed by atoms with Crippen molar-refractivity contribution in [3.05, 3.63) is 57.9 Å². The van der Waals surface area contributed by atoms with Crippen molar-refractivity contribution in [2.75, 3.05) is 55.5 Å². The van der Waals surface area contributed by atoms with Gasteiger partial charge in [0, 0.05) is 50.5 Å². The fraction of sp³-hybridized carbons (Fsp3) is 0.486. The van der Waals surface area contributed by atoms with Crippen LogP contribution in [0.15, 0.2) is 35.3 Å². The summed E-state index contributed by atoms with van der Waals surface area (Å²) in [6.45, 7) is 10.6. The van der Waals surface area contributed by atoms with Gasteiger partial charge in [-0.15, -0.1) is 18.0 Å². The van der Waals surface area contributed by atoms with Crippen LogP contribution in [-0.2, 0) is 49.5 Å². The summed E-state index contributed by atoms with van der Waals surface area (Å²) in [7, 11) is -1.52. The van der Waals surface area contributed by atoms with Gasteiger partial charge >= 0.3 is 5.97 Å². The Bertz CT molecular complexity index is 1990. The van der Waals surface area contributed by atoms with Crippen molar-refractivity contribution in [3.8, 4) is 18.1 Å². The van der Waals surface area contributed by atoms with E-state index in [9.17, 15) is 23.3 Å². The molecule has 2 amide bonds. The van der Waals surface area contributed by atoms with Crippen LogP contribution in [0.4, 0.5) is 21.5 Å². The molecule has 0 spiro atoms. The van der Waals surface area contributed by atoms with E-state index in [4.69, 9.17) is 43.2 Å². The van der Waals surface area contributed by atoms with Crippen LogP contribution in [0.3, 0.4) is 0 Å². The van der Waals surface area contributed by atoms with Crippen LogP contribution in [0.1, 0.15) is 51.1 Å². The van der Waals surface area contributed by atoms with Gasteiger partial charge in [-0.3, -0.25) is 28.7 Å². The lowest BCUT2D eigenvalue weighted by atomic mass is 9.92. The largest absolute Gasteiger partial charge is 0.481 e. The Morgan fingerprint density at radius 2 is 1.95 bits per heavy atom. The number of rotatable bonds is 12. The summed E-state index contributed by atoms with van der Waals surface area (Å²) in [6, 6.07) is 7.83. The maximum atomic E-state index is 14.5. The number of para-hydroxylation sites is 1. The molecule has 5 rings (SSSR count). The molecule has 300 valence electrons. The number of halogens is 2. The van der Waals surface area contributed by atoms with E-state index in [-0.39, 0.29) is 61.3 Å². The molecule has 2 aliphatic rings. The van der Waals surface area contributed by atoms with Gasteiger partial charge in [0.15, 0.2) is 19.8 Å². The number of nitrogens with zero attached hydrogens (tertiary/aromatic N) is 5. The molecule has 2 atom stereocenters. The Labute approximate surface area is 329 Å². The lowest BCUT2D eigenvalue weighted by molar-refractivity contribution is -0.138. The zero-order chi connectivity index (χ0) is 41.1. The van der Waals surface area contributed by atoms with E-state index in [1.54, 1.807) is 12.0 Å². The van der Waals surface area contributed by atoms with Crippen molar-refractivity contribution in [2.45, 2.75) is 66.0 Å². The highest BCUT2D eigenvalue weighted by Gasteiger charge is 2.31. The molecule has 0 aliphatic carbocycles. The molecular weight excluding hydrogens is 774 g/mol. The third kappa shape index (κ3) is 12.4. The van der Waals surface area contributed by atoms with Gasteiger partial charge in [-0.05, 0) is 41.9 Å². The first-order chi connectivity index (χ1) is 25.9. The number of terminal acetylenes is 1. The van der Waals surface area contributed by atoms with E-state index in [0.717, 1.165) is 48.4 Å². The Hall–Kier alpha value is -4.10. The number of aliphatic carboxylic acids is 1. The molecule has 2 unspecified atom stereocenters. The Kier molecular flexibility index (Phi) is 16.6. The molecule has 3 heterocycles. The van der Waals surface area contributed by atoms with E-state index in [2.05, 4.69) is 43.0 Å². The second-order valence-corrected chi connectivity index (χ2v) is 17.2. The fourth-order valence-electron chi connectivity index (χ4n) is 5.77. The van der Waals surface area contributed by atoms with E-state index in [1.165, 1.54) is 35.2 Å². The third-order valence-corrected chi connectivity index (χ3v) is 10.6. The Morgan fingerprint density at radius 3 is 2.49 bits per heavy atom. The second-order valence-electron chi connectivity index (χ2n) is 13.7. The highest BCUT2D eigenvalue weighted by atomic mass is 35.5. The van der Waals surface area contributed by atoms with Gasteiger partial charge in [-0.1, -0.05) is 51.8 Å². The number of benzene rings is 2. The lowest BCUT2D eigenvalue weighted by Gasteiger charge is -2.28. The zero-order valence-electron chi connectivity index (χ0n) is 31.9. The fourth-order valence-corrected chi connectivity index (χ4v) is 7.43. The second kappa shape index (κ2) is 20.2. The molecule has 1 aromatic heterocycles. The number of amides is 2. The number of nitrogens with two attached hydrogens (primary N) is 1. The summed E-state index contributed by atoms with van der Waals surface area (Å²) in [5, 5.41) is 8.28. The summed E-state index contributed by atoms with van der Waals surface area (Å²) in [5.74, 6) is 1.61. The number of aryl methyl sites for hydroxylation is 2. The standard InChI is InChI=1S/C18H17FN4O2S.C14H20ClNO2.C5H12NO4P/c1-4-5-22-13-7-12(11(19)6-14(13)25-9-16(22)24)20-17-23-10-18(2,3)8-15(23)21-26-17;1-4-11-7-6-8-12(5-2)14(11)16(10-18-3)13(17)9-15;1-11(9,10)3-2-4(6)5(7)8/h1,6-7H,5,8-10H2,2-3H3;6-8H,4-5,9-10H2,1-3H3;4H,2-3,6H2,1H3,(H,7,8)(H,9,10). The van der Waals surface area contributed by atoms with E-state index < -0.39 is 25.2 Å². The normalized spacial score (nSPS) is 15.8. The smallest absolute Gasteiger partial charge is 0.320 e. The minimum atomic E-state index is -3.10. The number of ether oxygens (including phenoxy) is 2. The molecule has 2 aromatic carbocycles. The first kappa shape index (κ1) is 45.3. The first-order valence-electron chi connectivity index (χ1n) is 17.4. The number of hydrogen-bond acceptors (Lipinski definition) is 10. The molecule has 0 radical (unpaired) electrons. The summed E-state index contributed by atoms with van der Waals surface area (Å²) in [4.78, 5) is 51.0. The molecule has 0 saturated carbocycles. The van der Waals surface area contributed by atoms with E-state index in [0.29, 0.717) is 16.2 Å². The molecule has 3 aromatic rings. The van der Waals surface area contributed by atoms with Crippen molar-refractivity contribution >= 4 is 65.3 Å². The van der Waals surface area contributed by atoms with Crippen LogP contribution >= 0.6 is 30.5 Å². The number of aromatic nitrogens is 2. The monoisotopic (exact) mass is 822 g/mol. The lowest BCUT2D eigenvalue weighted by Crippen LogP contribution is -2.39. The van der Waals surface area contributed by atoms with Crippen LogP contribution in [0.5, 0.6) is 5.75 Å². The zero-order valence-corrected chi connectivity index (χ0v) is 34.3. The number of methoxy groups -OCH3 is 1. The molecule has 4 N–H and O–H groups in total. The summed E-state index contributed by atoms with van der Waals surface area (Å²) in [5.41, 5.74) is 9.01. The van der Waals surface area contributed by atoms with E-state index in [1.807, 2.05) is 22.8 Å². The van der Waals surface area contributed by atoms with Gasteiger partial charge in [0.25, 0.3) is 5.91 Å². The number of carboxylic acids is 1. The van der Waals surface area contributed by atoms with Crippen LogP contribution < -0.4 is 25.1 Å². The number of fused-ring (bicyclic) bond motifs is 2. The Balaban J connectivity index is 0.000000244. The number of alkyl halides is 1. The predicted octanol–water partition coefficient (Wildman–Crippen LogP) is 4.93. The minimum absolute atomic E-state index is 0.0371. The third-order valence-electron chi connectivity index (χ3n) is 8.52. The summed E-state index contributed by atoms with van der Waals surface area (Å²) in [6.07, 6.45) is 7.96. The summed E-state index contributed by atoms with van der Waals surface area (Å²) >= 11 is 6.92. The van der Waals surface area contributed by atoms with Crippen molar-refractivity contribution in [3.63, 3.8) is 0 Å². The molecule has 14 nitrogen and oxygen atoms in total. The highest BCUT2D eigenvalue weighted by Crippen LogP contribution is 2.38. The molecule has 0 saturated heterocycles. The SMILES string of the molecule is C#CCN1C(=O)COc2cc(F)c(N=c3snc4n3CC(C)(C)C4)cc21.CCc1cccc(CC)c1N(COC)C(=O)CCl.CP(=O)(O)CCC(N)C(=O)O. The molecule has 55 heavy (non-hydrogen) atoms. The number of carbonyl (C=O) groups is 3. The van der Waals surface area contributed by atoms with E-state index >= 15 is 0 Å². The van der Waals surface area contributed by atoms with Gasteiger partial charge in [0.1, 0.15) is 35.9 Å². The number of anilines is 2. The van der Waals surface area contributed by atoms with Crippen molar-refractivity contribution in [2.24, 2.45) is 16.1 Å². The number of carboxylic acid groups (broad SMARTS) is 1. The van der Waals surface area contributed by atoms with Gasteiger partial charge in [0.2, 0.25) is 10.7 Å². The quantitative estimate of drug-likeness (QED) is 0.0978. The van der Waals surface area contributed by atoms with Crippen LogP contribution in [0.25, 0.3) is 0 Å². The Morgan fingerprint density at radius 1 is 1.29 bits per heavy atom. The first-order valence-corrected chi connectivity index (χ1v) is 21.0.